The zero-order valence-corrected chi connectivity index (χ0v) is 15.5. The van der Waals surface area contributed by atoms with Gasteiger partial charge in [-0.05, 0) is 35.9 Å². The number of carbonyl (C=O) groups is 1. The van der Waals surface area contributed by atoms with E-state index in [2.05, 4.69) is 9.84 Å². The summed E-state index contributed by atoms with van der Waals surface area (Å²) in [6.07, 6.45) is -3.22. The predicted octanol–water partition coefficient (Wildman–Crippen LogP) is 3.95. The standard InChI is InChI=1S/C19H15F3N4O4/c1-24(12-13-2-8-16(9-3-13)30-19(20,21)22)18(27)17-10-11-25(23-17)14-4-6-15(7-5-14)26(28)29/h2-11H,12H2,1H3. The highest BCUT2D eigenvalue weighted by Gasteiger charge is 2.31. The van der Waals surface area contributed by atoms with Crippen LogP contribution < -0.4 is 4.74 Å². The summed E-state index contributed by atoms with van der Waals surface area (Å²) in [5.74, 6) is -0.742. The lowest BCUT2D eigenvalue weighted by atomic mass is 10.2. The molecule has 0 unspecified atom stereocenters. The van der Waals surface area contributed by atoms with Crippen LogP contribution in [0, 0.1) is 10.1 Å². The van der Waals surface area contributed by atoms with Crippen molar-refractivity contribution in [2.24, 2.45) is 0 Å². The molecule has 11 heteroatoms. The first-order valence-electron chi connectivity index (χ1n) is 8.53. The lowest BCUT2D eigenvalue weighted by molar-refractivity contribution is -0.384. The monoisotopic (exact) mass is 420 g/mol. The molecule has 0 aliphatic heterocycles. The third-order valence-corrected chi connectivity index (χ3v) is 4.06. The minimum atomic E-state index is -4.77. The van der Waals surface area contributed by atoms with Gasteiger partial charge in [0, 0.05) is 31.9 Å². The molecule has 0 aliphatic carbocycles. The zero-order chi connectivity index (χ0) is 21.9. The molecule has 0 bridgehead atoms. The van der Waals surface area contributed by atoms with E-state index in [9.17, 15) is 28.1 Å². The van der Waals surface area contributed by atoms with Gasteiger partial charge in [-0.25, -0.2) is 4.68 Å². The number of nitro groups is 1. The van der Waals surface area contributed by atoms with Crippen molar-refractivity contribution in [3.63, 3.8) is 0 Å². The first-order valence-corrected chi connectivity index (χ1v) is 8.53. The average Bonchev–Trinajstić information content (AvgIpc) is 3.18. The number of amides is 1. The van der Waals surface area contributed by atoms with Crippen molar-refractivity contribution < 1.29 is 27.6 Å². The molecule has 0 atom stereocenters. The summed E-state index contributed by atoms with van der Waals surface area (Å²) in [4.78, 5) is 24.1. The summed E-state index contributed by atoms with van der Waals surface area (Å²) in [5.41, 5.74) is 1.24. The molecule has 3 aromatic rings. The molecule has 0 radical (unpaired) electrons. The van der Waals surface area contributed by atoms with Crippen LogP contribution in [0.1, 0.15) is 16.1 Å². The number of carbonyl (C=O) groups excluding carboxylic acids is 1. The van der Waals surface area contributed by atoms with Gasteiger partial charge in [-0.3, -0.25) is 14.9 Å². The number of ether oxygens (including phenoxy) is 1. The van der Waals surface area contributed by atoms with Crippen molar-refractivity contribution in [1.29, 1.82) is 0 Å². The van der Waals surface area contributed by atoms with Crippen LogP contribution in [0.25, 0.3) is 5.69 Å². The van der Waals surface area contributed by atoms with Gasteiger partial charge in [0.2, 0.25) is 0 Å². The number of alkyl halides is 3. The summed E-state index contributed by atoms with van der Waals surface area (Å²) in [5, 5.41) is 14.9. The van der Waals surface area contributed by atoms with Crippen LogP contribution in [0.4, 0.5) is 18.9 Å². The maximum absolute atomic E-state index is 12.6. The number of non-ortho nitro benzene ring substituents is 1. The largest absolute Gasteiger partial charge is 0.573 e. The molecule has 1 heterocycles. The molecule has 2 aromatic carbocycles. The summed E-state index contributed by atoms with van der Waals surface area (Å²) in [6.45, 7) is 0.148. The van der Waals surface area contributed by atoms with E-state index in [1.807, 2.05) is 0 Å². The first kappa shape index (κ1) is 20.8. The molecule has 0 N–H and O–H groups in total. The van der Waals surface area contributed by atoms with Gasteiger partial charge in [0.25, 0.3) is 11.6 Å². The van der Waals surface area contributed by atoms with Crippen molar-refractivity contribution in [3.05, 3.63) is 82.2 Å². The summed E-state index contributed by atoms with van der Waals surface area (Å²) in [7, 11) is 1.54. The van der Waals surface area contributed by atoms with Gasteiger partial charge in [-0.2, -0.15) is 5.10 Å². The summed E-state index contributed by atoms with van der Waals surface area (Å²) >= 11 is 0. The Kier molecular flexibility index (Phi) is 5.72. The Labute approximate surface area is 168 Å². The van der Waals surface area contributed by atoms with Crippen LogP contribution in [-0.2, 0) is 6.54 Å². The molecule has 0 fully saturated rings. The van der Waals surface area contributed by atoms with Crippen LogP contribution in [0.15, 0.2) is 60.8 Å². The normalized spacial score (nSPS) is 11.2. The Bertz CT molecular complexity index is 1050. The van der Waals surface area contributed by atoms with Crippen LogP contribution in [0.3, 0.4) is 0 Å². The predicted molar refractivity (Wildman–Crippen MR) is 99.1 cm³/mol. The Balaban J connectivity index is 1.66. The molecule has 156 valence electrons. The van der Waals surface area contributed by atoms with Gasteiger partial charge in [0.15, 0.2) is 5.69 Å². The fourth-order valence-electron chi connectivity index (χ4n) is 2.65. The molecule has 30 heavy (non-hydrogen) atoms. The van der Waals surface area contributed by atoms with Gasteiger partial charge in [0.05, 0.1) is 10.6 Å². The maximum Gasteiger partial charge on any atom is 0.573 e. The van der Waals surface area contributed by atoms with E-state index in [1.54, 1.807) is 6.20 Å². The van der Waals surface area contributed by atoms with Gasteiger partial charge >= 0.3 is 6.36 Å². The quantitative estimate of drug-likeness (QED) is 0.445. The van der Waals surface area contributed by atoms with Crippen molar-refractivity contribution in [2.75, 3.05) is 7.05 Å². The van der Waals surface area contributed by atoms with Crippen molar-refractivity contribution >= 4 is 11.6 Å². The minimum absolute atomic E-state index is 0.0615. The fraction of sp³-hybridized carbons (Fsp3) is 0.158. The maximum atomic E-state index is 12.6. The number of halogens is 3. The van der Waals surface area contributed by atoms with Crippen molar-refractivity contribution in [1.82, 2.24) is 14.7 Å². The number of aromatic nitrogens is 2. The Morgan fingerprint density at radius 1 is 1.13 bits per heavy atom. The van der Waals surface area contributed by atoms with Gasteiger partial charge in [-0.1, -0.05) is 12.1 Å². The third kappa shape index (κ3) is 5.13. The topological polar surface area (TPSA) is 90.5 Å². The summed E-state index contributed by atoms with van der Waals surface area (Å²) in [6, 6.07) is 12.4. The van der Waals surface area contributed by atoms with Crippen molar-refractivity contribution in [3.8, 4) is 11.4 Å². The number of benzene rings is 2. The number of nitrogens with zero attached hydrogens (tertiary/aromatic N) is 4. The van der Waals surface area contributed by atoms with Crippen LogP contribution in [-0.4, -0.2) is 38.9 Å². The van der Waals surface area contributed by atoms with Gasteiger partial charge in [-0.15, -0.1) is 13.2 Å². The Hall–Kier alpha value is -3.89. The van der Waals surface area contributed by atoms with E-state index >= 15 is 0 Å². The van der Waals surface area contributed by atoms with E-state index in [0.29, 0.717) is 11.3 Å². The van der Waals surface area contributed by atoms with Gasteiger partial charge < -0.3 is 9.64 Å². The minimum Gasteiger partial charge on any atom is -0.406 e. The summed E-state index contributed by atoms with van der Waals surface area (Å²) < 4.78 is 41.9. The third-order valence-electron chi connectivity index (χ3n) is 4.06. The Morgan fingerprint density at radius 2 is 1.77 bits per heavy atom. The second-order valence-corrected chi connectivity index (χ2v) is 6.27. The van der Waals surface area contributed by atoms with Gasteiger partial charge in [0.1, 0.15) is 5.75 Å². The van der Waals surface area contributed by atoms with Crippen molar-refractivity contribution in [2.45, 2.75) is 12.9 Å². The number of hydrogen-bond acceptors (Lipinski definition) is 5. The molecule has 1 amide bonds. The van der Waals surface area contributed by atoms with E-state index in [0.717, 1.165) is 0 Å². The molecule has 0 saturated heterocycles. The van der Waals surface area contributed by atoms with E-state index in [1.165, 1.54) is 71.2 Å². The molecule has 8 nitrogen and oxygen atoms in total. The highest BCUT2D eigenvalue weighted by atomic mass is 19.4. The lowest BCUT2D eigenvalue weighted by Gasteiger charge is -2.16. The van der Waals surface area contributed by atoms with E-state index < -0.39 is 17.2 Å². The number of nitro benzene ring substituents is 1. The lowest BCUT2D eigenvalue weighted by Crippen LogP contribution is -2.26. The molecular weight excluding hydrogens is 405 g/mol. The second-order valence-electron chi connectivity index (χ2n) is 6.27. The molecule has 3 rings (SSSR count). The molecule has 0 spiro atoms. The van der Waals surface area contributed by atoms with E-state index in [4.69, 9.17) is 0 Å². The smallest absolute Gasteiger partial charge is 0.406 e. The number of hydrogen-bond donors (Lipinski definition) is 0. The molecular formula is C19H15F3N4O4. The molecule has 0 saturated carbocycles. The average molecular weight is 420 g/mol. The highest BCUT2D eigenvalue weighted by molar-refractivity contribution is 5.92. The van der Waals surface area contributed by atoms with Crippen LogP contribution in [0.2, 0.25) is 0 Å². The SMILES string of the molecule is CN(Cc1ccc(OC(F)(F)F)cc1)C(=O)c1ccn(-c2ccc([N+](=O)[O-])cc2)n1. The highest BCUT2D eigenvalue weighted by Crippen LogP contribution is 2.23. The Morgan fingerprint density at radius 3 is 2.33 bits per heavy atom. The number of rotatable bonds is 6. The fourth-order valence-corrected chi connectivity index (χ4v) is 2.65. The zero-order valence-electron chi connectivity index (χ0n) is 15.5. The van der Waals surface area contributed by atoms with E-state index in [-0.39, 0.29) is 23.7 Å². The molecule has 0 aliphatic rings. The van der Waals surface area contributed by atoms with Crippen LogP contribution in [0.5, 0.6) is 5.75 Å². The second kappa shape index (κ2) is 8.23. The first-order chi connectivity index (χ1) is 14.1. The molecule has 1 aromatic heterocycles. The van der Waals surface area contributed by atoms with Crippen LogP contribution >= 0.6 is 0 Å².